The minimum absolute atomic E-state index is 0.157. The second kappa shape index (κ2) is 21.5. The molecule has 0 amide bonds. The molecule has 2 fully saturated rings. The van der Waals surface area contributed by atoms with Gasteiger partial charge in [-0.3, -0.25) is 0 Å². The molecule has 18 rings (SSSR count). The summed E-state index contributed by atoms with van der Waals surface area (Å²) in [5, 5.41) is 0. The van der Waals surface area contributed by atoms with Gasteiger partial charge in [-0.15, -0.1) is 0 Å². The van der Waals surface area contributed by atoms with Gasteiger partial charge in [-0.2, -0.15) is 0 Å². The van der Waals surface area contributed by atoms with E-state index in [0.29, 0.717) is 5.92 Å². The van der Waals surface area contributed by atoms with Crippen molar-refractivity contribution in [3.05, 3.63) is 321 Å². The summed E-state index contributed by atoms with van der Waals surface area (Å²) in [5.74, 6) is 2.19. The fraction of sp³-hybridized carbons (Fsp3) is 0.0824. The number of nitrogens with zero attached hydrogens (tertiary/aromatic N) is 4. The molecule has 0 spiro atoms. The van der Waals surface area contributed by atoms with Crippen molar-refractivity contribution in [3.63, 3.8) is 0 Å². The van der Waals surface area contributed by atoms with Crippen LogP contribution in [0.5, 0.6) is 0 Å². The van der Waals surface area contributed by atoms with Crippen LogP contribution in [0.3, 0.4) is 0 Å². The van der Waals surface area contributed by atoms with E-state index in [1.165, 1.54) is 98.1 Å². The van der Waals surface area contributed by atoms with Gasteiger partial charge in [0.25, 0.3) is 6.71 Å². The molecule has 2 aliphatic carbocycles. The fourth-order valence-corrected chi connectivity index (χ4v) is 16.1. The van der Waals surface area contributed by atoms with Crippen LogP contribution in [0.1, 0.15) is 37.2 Å². The van der Waals surface area contributed by atoms with Crippen molar-refractivity contribution in [2.75, 3.05) is 19.6 Å². The molecule has 0 N–H and O–H groups in total. The van der Waals surface area contributed by atoms with Crippen LogP contribution in [-0.2, 0) is 0 Å². The lowest BCUT2D eigenvalue weighted by Gasteiger charge is -2.45. The zero-order valence-electron chi connectivity index (χ0n) is 49.9. The highest BCUT2D eigenvalue weighted by Gasteiger charge is 2.45. The predicted octanol–water partition coefficient (Wildman–Crippen LogP) is 21.3. The van der Waals surface area contributed by atoms with E-state index in [2.05, 4.69) is 335 Å². The maximum absolute atomic E-state index is 2.59. The van der Waals surface area contributed by atoms with E-state index in [1.807, 2.05) is 0 Å². The van der Waals surface area contributed by atoms with Gasteiger partial charge >= 0.3 is 0 Å². The minimum atomic E-state index is -0.157. The second-order valence-electron chi connectivity index (χ2n) is 25.2. The van der Waals surface area contributed by atoms with E-state index in [0.717, 1.165) is 85.3 Å². The number of benzene rings is 13. The fourth-order valence-electron chi connectivity index (χ4n) is 16.1. The predicted molar refractivity (Wildman–Crippen MR) is 379 cm³/mol. The third-order valence-corrected chi connectivity index (χ3v) is 20.1. The van der Waals surface area contributed by atoms with Crippen LogP contribution >= 0.6 is 0 Å². The Labute approximate surface area is 528 Å². The van der Waals surface area contributed by atoms with Crippen molar-refractivity contribution in [3.8, 4) is 55.6 Å². The first-order valence-electron chi connectivity index (χ1n) is 32.1. The van der Waals surface area contributed by atoms with E-state index in [-0.39, 0.29) is 6.71 Å². The lowest BCUT2D eigenvalue weighted by atomic mass is 9.33. The van der Waals surface area contributed by atoms with E-state index in [1.54, 1.807) is 0 Å². The van der Waals surface area contributed by atoms with Gasteiger partial charge in [0.2, 0.25) is 0 Å². The third kappa shape index (κ3) is 8.74. The average molecular weight is 1150 g/mol. The molecular weight excluding hydrogens is 1090 g/mol. The highest BCUT2D eigenvalue weighted by atomic mass is 15.3. The van der Waals surface area contributed by atoms with Gasteiger partial charge in [0.05, 0.1) is 22.7 Å². The lowest BCUT2D eigenvalue weighted by molar-refractivity contribution is 0.420. The van der Waals surface area contributed by atoms with Crippen LogP contribution in [0, 0.1) is 11.8 Å². The summed E-state index contributed by atoms with van der Waals surface area (Å²) in [6, 6.07) is 118. The van der Waals surface area contributed by atoms with Gasteiger partial charge < -0.3 is 19.6 Å². The molecule has 2 saturated carbocycles. The highest BCUT2D eigenvalue weighted by Crippen LogP contribution is 2.58. The molecule has 426 valence electrons. The smallest absolute Gasteiger partial charge is 0.252 e. The number of fused-ring (bicyclic) bond motifs is 8. The number of anilines is 12. The Morgan fingerprint density at radius 1 is 0.244 bits per heavy atom. The van der Waals surface area contributed by atoms with Crippen molar-refractivity contribution in [1.29, 1.82) is 0 Å². The Bertz CT molecular complexity index is 4770. The Morgan fingerprint density at radius 2 is 0.689 bits per heavy atom. The van der Waals surface area contributed by atoms with Crippen molar-refractivity contribution in [1.82, 2.24) is 0 Å². The van der Waals surface area contributed by atoms with Gasteiger partial charge in [-0.1, -0.05) is 213 Å². The molecule has 90 heavy (non-hydrogen) atoms. The molecule has 3 heterocycles. The summed E-state index contributed by atoms with van der Waals surface area (Å²) >= 11 is 0. The first-order chi connectivity index (χ1) is 44.6. The lowest BCUT2D eigenvalue weighted by Crippen LogP contribution is -2.61. The SMILES string of the molecule is c1ccc(-c2cc(-c3ccccc3)cc(N3c4ccc(N5c6ccccc6N(c6ccccc6)c6cc(C7CC8CCC7C8)ccc65)cc4B4c5ccc(-c6ccccc6)cc5N(c5cc(-c6ccccc6)cc(-c6ccccc6)c5)c5cccc3c54)c2)cc1. The molecular formula is C85H63BN4. The molecule has 5 heteroatoms. The van der Waals surface area contributed by atoms with Crippen molar-refractivity contribution in [2.45, 2.75) is 31.6 Å². The molecule has 5 aliphatic rings. The topological polar surface area (TPSA) is 13.0 Å². The van der Waals surface area contributed by atoms with Crippen LogP contribution in [0.15, 0.2) is 315 Å². The molecule has 0 radical (unpaired) electrons. The summed E-state index contributed by atoms with van der Waals surface area (Å²) in [6.45, 7) is -0.157. The van der Waals surface area contributed by atoms with Gasteiger partial charge in [-0.05, 0) is 224 Å². The summed E-state index contributed by atoms with van der Waals surface area (Å²) in [6.07, 6.45) is 5.38. The second-order valence-corrected chi connectivity index (χ2v) is 25.2. The first-order valence-corrected chi connectivity index (χ1v) is 32.1. The quantitative estimate of drug-likeness (QED) is 0.127. The maximum Gasteiger partial charge on any atom is 0.252 e. The summed E-state index contributed by atoms with van der Waals surface area (Å²) < 4.78 is 0. The van der Waals surface area contributed by atoms with Gasteiger partial charge in [0.15, 0.2) is 0 Å². The van der Waals surface area contributed by atoms with Crippen molar-refractivity contribution in [2.24, 2.45) is 11.8 Å². The van der Waals surface area contributed by atoms with Crippen molar-refractivity contribution < 1.29 is 0 Å². The van der Waals surface area contributed by atoms with E-state index in [9.17, 15) is 0 Å². The van der Waals surface area contributed by atoms with Gasteiger partial charge in [-0.25, -0.2) is 0 Å². The third-order valence-electron chi connectivity index (χ3n) is 20.1. The number of para-hydroxylation sites is 3. The van der Waals surface area contributed by atoms with Gasteiger partial charge in [0.1, 0.15) is 0 Å². The monoisotopic (exact) mass is 1150 g/mol. The summed E-state index contributed by atoms with van der Waals surface area (Å²) in [4.78, 5) is 10.3. The Morgan fingerprint density at radius 3 is 1.20 bits per heavy atom. The highest BCUT2D eigenvalue weighted by molar-refractivity contribution is 7.00. The van der Waals surface area contributed by atoms with Crippen LogP contribution < -0.4 is 36.0 Å². The normalized spacial score (nSPS) is 16.5. The minimum Gasteiger partial charge on any atom is -0.311 e. The Hall–Kier alpha value is -10.9. The zero-order valence-corrected chi connectivity index (χ0v) is 49.9. The van der Waals surface area contributed by atoms with Gasteiger partial charge in [0, 0.05) is 45.5 Å². The van der Waals surface area contributed by atoms with E-state index in [4.69, 9.17) is 0 Å². The van der Waals surface area contributed by atoms with Crippen LogP contribution in [0.2, 0.25) is 0 Å². The molecule has 3 aliphatic heterocycles. The largest absolute Gasteiger partial charge is 0.311 e. The molecule has 2 bridgehead atoms. The molecule has 13 aromatic carbocycles. The number of hydrogen-bond acceptors (Lipinski definition) is 4. The molecule has 13 aromatic rings. The summed E-state index contributed by atoms with van der Waals surface area (Å²) in [7, 11) is 0. The number of rotatable bonds is 10. The molecule has 0 aromatic heterocycles. The Balaban J connectivity index is 0.904. The van der Waals surface area contributed by atoms with E-state index < -0.39 is 0 Å². The zero-order chi connectivity index (χ0) is 59.2. The average Bonchev–Trinajstić information content (AvgIpc) is 0.761. The molecule has 0 saturated heterocycles. The van der Waals surface area contributed by atoms with Crippen molar-refractivity contribution >= 4 is 91.3 Å². The first kappa shape index (κ1) is 52.3. The molecule has 3 atom stereocenters. The van der Waals surface area contributed by atoms with Crippen LogP contribution in [0.25, 0.3) is 55.6 Å². The maximum atomic E-state index is 2.59. The van der Waals surface area contributed by atoms with E-state index >= 15 is 0 Å². The number of hydrogen-bond donors (Lipinski definition) is 0. The summed E-state index contributed by atoms with van der Waals surface area (Å²) in [5.41, 5.74) is 30.8. The Kier molecular flexibility index (Phi) is 12.5. The van der Waals surface area contributed by atoms with Crippen LogP contribution in [0.4, 0.5) is 68.2 Å². The molecule has 3 unspecified atom stereocenters. The van der Waals surface area contributed by atoms with Crippen LogP contribution in [-0.4, -0.2) is 6.71 Å². The molecule has 4 nitrogen and oxygen atoms in total. The standard InChI is InChI=1S/C85H63BN4/c1-7-22-58(23-8-1)63-40-43-75-83(54-63)90(73-52-68(61-28-13-4-14-29-61)49-69(53-73)62-30-15-5-16-31-62)82-37-21-36-81-85(82)86(75)76-56-71(42-45-77(76)89(81)72-50-66(59-24-9-2-10-25-59)48-67(51-72)60-26-11-3-12-27-60)88-79-35-20-19-34-78(79)87(70-32-17-6-18-33-70)84-55-65(41-44-80(84)88)74-47-57-38-39-64(74)46-57/h1-37,40-45,48-57,64,74H,38-39,46-47H2.